The highest BCUT2D eigenvalue weighted by molar-refractivity contribution is 7.17. The molecule has 1 aliphatic rings. The molecule has 1 aromatic heterocycles. The molecule has 0 aliphatic heterocycles. The zero-order valence-corrected chi connectivity index (χ0v) is 16.3. The Labute approximate surface area is 158 Å². The molecule has 2 aromatic rings. The summed E-state index contributed by atoms with van der Waals surface area (Å²) in [6, 6.07) is 10.5. The van der Waals surface area contributed by atoms with E-state index in [9.17, 15) is 9.59 Å². The molecule has 0 spiro atoms. The summed E-state index contributed by atoms with van der Waals surface area (Å²) in [4.78, 5) is 25.9. The van der Waals surface area contributed by atoms with E-state index in [1.165, 1.54) is 21.8 Å². The number of hydrogen-bond donors (Lipinski definition) is 1. The number of rotatable bonds is 5. The number of nitrogens with one attached hydrogen (secondary N) is 1. The number of hydrogen-bond acceptors (Lipinski definition) is 4. The Kier molecular flexibility index (Phi) is 5.77. The van der Waals surface area contributed by atoms with Gasteiger partial charge < -0.3 is 10.1 Å². The van der Waals surface area contributed by atoms with Crippen molar-refractivity contribution >= 4 is 28.2 Å². The maximum Gasteiger partial charge on any atom is 0.341 e. The molecule has 1 aliphatic carbocycles. The predicted octanol–water partition coefficient (Wildman–Crippen LogP) is 4.79. The third-order valence-corrected chi connectivity index (χ3v) is 5.95. The van der Waals surface area contributed by atoms with Gasteiger partial charge in [0.1, 0.15) is 5.00 Å². The number of benzene rings is 1. The smallest absolute Gasteiger partial charge is 0.341 e. The highest BCUT2D eigenvalue weighted by Gasteiger charge is 2.31. The molecule has 1 atom stereocenters. The number of carbonyl (C=O) groups excluding carboxylic acids is 2. The van der Waals surface area contributed by atoms with Crippen LogP contribution in [0.25, 0.3) is 0 Å². The van der Waals surface area contributed by atoms with E-state index in [-0.39, 0.29) is 17.8 Å². The molecular formula is C21H25NO3S. The molecule has 138 valence electrons. The average molecular weight is 372 g/mol. The maximum atomic E-state index is 12.5. The fraction of sp³-hybridized carbons (Fsp3) is 0.429. The number of thiophene rings is 1. The molecule has 1 heterocycles. The largest absolute Gasteiger partial charge is 0.462 e. The van der Waals surface area contributed by atoms with Gasteiger partial charge in [0, 0.05) is 10.8 Å². The molecule has 0 bridgehead atoms. The van der Waals surface area contributed by atoms with Crippen molar-refractivity contribution in [3.63, 3.8) is 0 Å². The topological polar surface area (TPSA) is 55.4 Å². The van der Waals surface area contributed by atoms with Crippen LogP contribution in [-0.4, -0.2) is 18.5 Å². The van der Waals surface area contributed by atoms with Crippen molar-refractivity contribution in [3.05, 3.63) is 51.9 Å². The molecule has 0 saturated heterocycles. The molecular weight excluding hydrogens is 346 g/mol. The van der Waals surface area contributed by atoms with Crippen LogP contribution >= 0.6 is 11.3 Å². The highest BCUT2D eigenvalue weighted by Crippen LogP contribution is 2.42. The third kappa shape index (κ3) is 3.83. The predicted molar refractivity (Wildman–Crippen MR) is 105 cm³/mol. The van der Waals surface area contributed by atoms with Gasteiger partial charge in [0.25, 0.3) is 0 Å². The van der Waals surface area contributed by atoms with Crippen LogP contribution in [0.4, 0.5) is 5.00 Å². The van der Waals surface area contributed by atoms with Crippen molar-refractivity contribution in [1.29, 1.82) is 0 Å². The molecule has 1 aromatic carbocycles. The lowest BCUT2D eigenvalue weighted by Crippen LogP contribution is -2.19. The SMILES string of the molecule is CCOC(=O)c1c(NC(=O)C(C)C)sc2c1CC[C@H](c1ccccc1)C2. The number of ether oxygens (including phenoxy) is 1. The van der Waals surface area contributed by atoms with Gasteiger partial charge in [0.05, 0.1) is 12.2 Å². The molecule has 1 N–H and O–H groups in total. The Morgan fingerprint density at radius 2 is 2.00 bits per heavy atom. The van der Waals surface area contributed by atoms with Gasteiger partial charge in [-0.2, -0.15) is 0 Å². The van der Waals surface area contributed by atoms with Crippen molar-refractivity contribution in [2.75, 3.05) is 11.9 Å². The Morgan fingerprint density at radius 1 is 1.27 bits per heavy atom. The Balaban J connectivity index is 1.93. The van der Waals surface area contributed by atoms with Gasteiger partial charge in [0.15, 0.2) is 0 Å². The van der Waals surface area contributed by atoms with E-state index in [1.807, 2.05) is 19.9 Å². The lowest BCUT2D eigenvalue weighted by Gasteiger charge is -2.23. The standard InChI is InChI=1S/C21H25NO3S/c1-4-25-21(24)18-16-11-10-15(14-8-6-5-7-9-14)12-17(16)26-20(18)22-19(23)13(2)3/h5-9,13,15H,4,10-12H2,1-3H3,(H,22,23)/t15-/m0/s1. The Bertz CT molecular complexity index is 795. The lowest BCUT2D eigenvalue weighted by molar-refractivity contribution is -0.118. The Hall–Kier alpha value is -2.14. The van der Waals surface area contributed by atoms with Crippen molar-refractivity contribution < 1.29 is 14.3 Å². The summed E-state index contributed by atoms with van der Waals surface area (Å²) in [6.45, 7) is 5.82. The van der Waals surface area contributed by atoms with E-state index < -0.39 is 0 Å². The van der Waals surface area contributed by atoms with Gasteiger partial charge in [-0.15, -0.1) is 11.3 Å². The monoisotopic (exact) mass is 371 g/mol. The van der Waals surface area contributed by atoms with Crippen molar-refractivity contribution in [2.45, 2.75) is 46.0 Å². The zero-order chi connectivity index (χ0) is 18.7. The second-order valence-electron chi connectivity index (χ2n) is 6.92. The highest BCUT2D eigenvalue weighted by atomic mass is 32.1. The van der Waals surface area contributed by atoms with Crippen LogP contribution in [0.15, 0.2) is 30.3 Å². The molecule has 26 heavy (non-hydrogen) atoms. The number of amides is 1. The van der Waals surface area contributed by atoms with Gasteiger partial charge in [-0.3, -0.25) is 4.79 Å². The molecule has 0 unspecified atom stereocenters. The summed E-state index contributed by atoms with van der Waals surface area (Å²) in [5.41, 5.74) is 2.95. The molecule has 5 heteroatoms. The Morgan fingerprint density at radius 3 is 2.65 bits per heavy atom. The first-order chi connectivity index (χ1) is 12.5. The van der Waals surface area contributed by atoms with Crippen LogP contribution in [0.2, 0.25) is 0 Å². The van der Waals surface area contributed by atoms with Crippen LogP contribution < -0.4 is 5.32 Å². The summed E-state index contributed by atoms with van der Waals surface area (Å²) in [5, 5.41) is 3.58. The van der Waals surface area contributed by atoms with Crippen molar-refractivity contribution in [3.8, 4) is 0 Å². The number of anilines is 1. The lowest BCUT2D eigenvalue weighted by atomic mass is 9.83. The summed E-state index contributed by atoms with van der Waals surface area (Å²) >= 11 is 1.53. The van der Waals surface area contributed by atoms with E-state index in [0.717, 1.165) is 24.8 Å². The molecule has 4 nitrogen and oxygen atoms in total. The molecule has 1 amide bonds. The van der Waals surface area contributed by atoms with Crippen molar-refractivity contribution in [2.24, 2.45) is 5.92 Å². The molecule has 3 rings (SSSR count). The van der Waals surface area contributed by atoms with E-state index >= 15 is 0 Å². The van der Waals surface area contributed by atoms with Crippen LogP contribution in [0.5, 0.6) is 0 Å². The first kappa shape index (κ1) is 18.6. The first-order valence-electron chi connectivity index (χ1n) is 9.18. The number of esters is 1. The minimum absolute atomic E-state index is 0.0752. The van der Waals surface area contributed by atoms with Gasteiger partial charge in [-0.05, 0) is 43.2 Å². The number of fused-ring (bicyclic) bond motifs is 1. The van der Waals surface area contributed by atoms with E-state index in [2.05, 4.69) is 29.6 Å². The quantitative estimate of drug-likeness (QED) is 0.769. The first-order valence-corrected chi connectivity index (χ1v) is 10.00. The summed E-state index contributed by atoms with van der Waals surface area (Å²) < 4.78 is 5.26. The van der Waals surface area contributed by atoms with Gasteiger partial charge in [-0.25, -0.2) is 4.79 Å². The van der Waals surface area contributed by atoms with Crippen molar-refractivity contribution in [1.82, 2.24) is 0 Å². The summed E-state index contributed by atoms with van der Waals surface area (Å²) in [5.74, 6) is -0.0942. The summed E-state index contributed by atoms with van der Waals surface area (Å²) in [6.07, 6.45) is 2.72. The zero-order valence-electron chi connectivity index (χ0n) is 15.5. The minimum Gasteiger partial charge on any atom is -0.462 e. The van der Waals surface area contributed by atoms with Crippen LogP contribution in [0.1, 0.15) is 59.5 Å². The molecule has 0 saturated carbocycles. The van der Waals surface area contributed by atoms with E-state index in [0.29, 0.717) is 23.1 Å². The maximum absolute atomic E-state index is 12.5. The average Bonchev–Trinajstić information content (AvgIpc) is 2.99. The molecule has 0 fully saturated rings. The van der Waals surface area contributed by atoms with Gasteiger partial charge in [-0.1, -0.05) is 44.2 Å². The fourth-order valence-electron chi connectivity index (χ4n) is 3.36. The summed E-state index contributed by atoms with van der Waals surface area (Å²) in [7, 11) is 0. The van der Waals surface area contributed by atoms with E-state index in [4.69, 9.17) is 4.74 Å². The van der Waals surface area contributed by atoms with Gasteiger partial charge >= 0.3 is 5.97 Å². The number of carbonyl (C=O) groups is 2. The normalized spacial score (nSPS) is 16.2. The second-order valence-corrected chi connectivity index (χ2v) is 8.03. The van der Waals surface area contributed by atoms with Gasteiger partial charge in [0.2, 0.25) is 5.91 Å². The fourth-order valence-corrected chi connectivity index (χ4v) is 4.68. The van der Waals surface area contributed by atoms with Crippen LogP contribution in [0, 0.1) is 5.92 Å². The third-order valence-electron chi connectivity index (χ3n) is 4.78. The molecule has 0 radical (unpaired) electrons. The van der Waals surface area contributed by atoms with Crippen LogP contribution in [0.3, 0.4) is 0 Å². The van der Waals surface area contributed by atoms with E-state index in [1.54, 1.807) is 6.92 Å². The van der Waals surface area contributed by atoms with Crippen LogP contribution in [-0.2, 0) is 22.4 Å². The minimum atomic E-state index is -0.331. The second kappa shape index (κ2) is 8.04.